The summed E-state index contributed by atoms with van der Waals surface area (Å²) in [5.41, 5.74) is 2.20. The van der Waals surface area contributed by atoms with E-state index in [9.17, 15) is 4.39 Å². The molecule has 1 N–H and O–H groups in total. The van der Waals surface area contributed by atoms with E-state index >= 15 is 0 Å². The number of anilines is 1. The first kappa shape index (κ1) is 13.4. The summed E-state index contributed by atoms with van der Waals surface area (Å²) in [6.45, 7) is 6.27. The Labute approximate surface area is 121 Å². The molecule has 0 radical (unpaired) electrons. The molecule has 3 rings (SSSR count). The molecule has 0 bridgehead atoms. The number of hydrogen-bond acceptors (Lipinski definition) is 5. The molecule has 0 amide bonds. The normalized spacial score (nSPS) is 15.2. The van der Waals surface area contributed by atoms with Gasteiger partial charge < -0.3 is 5.32 Å². The van der Waals surface area contributed by atoms with Crippen molar-refractivity contribution in [2.75, 3.05) is 11.9 Å². The van der Waals surface area contributed by atoms with Crippen LogP contribution in [0.1, 0.15) is 25.5 Å². The molecule has 1 aliphatic heterocycles. The summed E-state index contributed by atoms with van der Waals surface area (Å²) < 4.78 is 14.1. The summed E-state index contributed by atoms with van der Waals surface area (Å²) in [4.78, 5) is 10.0. The average molecular weight is 286 g/mol. The number of benzene rings is 1. The van der Waals surface area contributed by atoms with Crippen LogP contribution in [0.2, 0.25) is 0 Å². The number of aliphatic imine (C=N–C) groups is 1. The van der Waals surface area contributed by atoms with Gasteiger partial charge in [0.15, 0.2) is 11.6 Å². The lowest BCUT2D eigenvalue weighted by atomic mass is 10.2. The highest BCUT2D eigenvalue weighted by atomic mass is 19.1. The monoisotopic (exact) mass is 286 g/mol. The third kappa shape index (κ3) is 2.42. The molecule has 108 valence electrons. The Hall–Kier alpha value is -2.57. The lowest BCUT2D eigenvalue weighted by Crippen LogP contribution is -2.08. The third-order valence-corrected chi connectivity index (χ3v) is 3.06. The second-order valence-corrected chi connectivity index (χ2v) is 4.71. The Kier molecular flexibility index (Phi) is 3.25. The maximum Gasteiger partial charge on any atom is 0.204 e. The third-order valence-electron chi connectivity index (χ3n) is 3.06. The van der Waals surface area contributed by atoms with Gasteiger partial charge >= 0.3 is 0 Å². The number of fused-ring (bicyclic) bond motifs is 1. The van der Waals surface area contributed by atoms with Crippen LogP contribution in [0.3, 0.4) is 0 Å². The van der Waals surface area contributed by atoms with E-state index in [2.05, 4.69) is 25.5 Å². The number of hydrogen-bond donors (Lipinski definition) is 1. The van der Waals surface area contributed by atoms with Gasteiger partial charge in [-0.1, -0.05) is 0 Å². The van der Waals surface area contributed by atoms with Crippen LogP contribution in [-0.2, 0) is 0 Å². The minimum Gasteiger partial charge on any atom is -0.385 e. The lowest BCUT2D eigenvalue weighted by Gasteiger charge is -2.05. The summed E-state index contributed by atoms with van der Waals surface area (Å²) in [5, 5.41) is 11.4. The van der Waals surface area contributed by atoms with E-state index in [0.717, 1.165) is 12.2 Å². The first-order valence-electron chi connectivity index (χ1n) is 6.70. The molecular weight excluding hydrogens is 271 g/mol. The van der Waals surface area contributed by atoms with Gasteiger partial charge in [-0.05, 0) is 39.0 Å². The van der Waals surface area contributed by atoms with Crippen LogP contribution < -0.4 is 5.32 Å². The summed E-state index contributed by atoms with van der Waals surface area (Å²) in [5.74, 6) is 0.764. The van der Waals surface area contributed by atoms with Gasteiger partial charge in [-0.3, -0.25) is 0 Å². The molecule has 0 unspecified atom stereocenters. The Bertz CT molecular complexity index is 759. The van der Waals surface area contributed by atoms with Gasteiger partial charge in [-0.2, -0.15) is 5.10 Å². The Morgan fingerprint density at radius 3 is 2.86 bits per heavy atom. The highest BCUT2D eigenvalue weighted by Gasteiger charge is 2.23. The molecule has 21 heavy (non-hydrogen) atoms. The average Bonchev–Trinajstić information content (AvgIpc) is 2.90. The predicted molar refractivity (Wildman–Crippen MR) is 80.0 cm³/mol. The first-order chi connectivity index (χ1) is 10.1. The highest BCUT2D eigenvalue weighted by Crippen LogP contribution is 2.23. The van der Waals surface area contributed by atoms with Gasteiger partial charge in [0.25, 0.3) is 0 Å². The van der Waals surface area contributed by atoms with Gasteiger partial charge in [0, 0.05) is 12.2 Å². The van der Waals surface area contributed by atoms with Crippen LogP contribution in [-0.4, -0.2) is 32.8 Å². The van der Waals surface area contributed by atoms with Gasteiger partial charge in [-0.15, -0.1) is 9.89 Å². The number of nitrogens with one attached hydrogen (secondary N) is 1. The fourth-order valence-corrected chi connectivity index (χ4v) is 2.14. The van der Waals surface area contributed by atoms with Crippen LogP contribution in [0.15, 0.2) is 28.3 Å². The van der Waals surface area contributed by atoms with Crippen molar-refractivity contribution >= 4 is 22.8 Å². The number of rotatable bonds is 3. The molecule has 2 heterocycles. The molecule has 7 heteroatoms. The Morgan fingerprint density at radius 2 is 2.14 bits per heavy atom. The molecule has 0 saturated carbocycles. The molecule has 0 spiro atoms. The van der Waals surface area contributed by atoms with Crippen molar-refractivity contribution in [3.05, 3.63) is 35.7 Å². The van der Waals surface area contributed by atoms with Crippen LogP contribution >= 0.6 is 0 Å². The van der Waals surface area contributed by atoms with Gasteiger partial charge in [0.2, 0.25) is 5.82 Å². The molecule has 0 atom stereocenters. The van der Waals surface area contributed by atoms with Crippen molar-refractivity contribution in [1.29, 1.82) is 0 Å². The Balaban J connectivity index is 2.01. The lowest BCUT2D eigenvalue weighted by molar-refractivity contribution is 0.630. The molecule has 6 nitrogen and oxygen atoms in total. The highest BCUT2D eigenvalue weighted by molar-refractivity contribution is 6.48. The van der Waals surface area contributed by atoms with Gasteiger partial charge in [0.05, 0.1) is 11.4 Å². The summed E-state index contributed by atoms with van der Waals surface area (Å²) >= 11 is 0. The minimum atomic E-state index is -0.386. The van der Waals surface area contributed by atoms with E-state index in [4.69, 9.17) is 0 Å². The number of halogens is 1. The quantitative estimate of drug-likeness (QED) is 0.942. The number of aryl methyl sites for hydroxylation is 1. The second kappa shape index (κ2) is 5.08. The number of nitrogens with zero attached hydrogens (tertiary/aromatic N) is 5. The van der Waals surface area contributed by atoms with E-state index in [1.165, 1.54) is 10.9 Å². The number of aromatic nitrogens is 3. The molecule has 1 aliphatic rings. The first-order valence-corrected chi connectivity index (χ1v) is 6.70. The van der Waals surface area contributed by atoms with Crippen LogP contribution in [0, 0.1) is 12.7 Å². The molecule has 1 aromatic carbocycles. The SMILES string of the molecule is CCNc1ccc(N=C2C(C)=Nn3nc(C)nc32)c(F)c1. The van der Waals surface area contributed by atoms with E-state index < -0.39 is 0 Å². The summed E-state index contributed by atoms with van der Waals surface area (Å²) in [6, 6.07) is 4.86. The molecule has 0 fully saturated rings. The van der Waals surface area contributed by atoms with Crippen LogP contribution in [0.4, 0.5) is 15.8 Å². The van der Waals surface area contributed by atoms with Gasteiger partial charge in [-0.25, -0.2) is 14.4 Å². The molecule has 0 saturated heterocycles. The van der Waals surface area contributed by atoms with Crippen LogP contribution in [0.25, 0.3) is 0 Å². The molecule has 0 aliphatic carbocycles. The van der Waals surface area contributed by atoms with Crippen molar-refractivity contribution in [2.24, 2.45) is 10.1 Å². The molecule has 1 aromatic heterocycles. The van der Waals surface area contributed by atoms with Crippen molar-refractivity contribution in [3.63, 3.8) is 0 Å². The second-order valence-electron chi connectivity index (χ2n) is 4.71. The smallest absolute Gasteiger partial charge is 0.204 e. The van der Waals surface area contributed by atoms with E-state index in [1.54, 1.807) is 26.0 Å². The largest absolute Gasteiger partial charge is 0.385 e. The van der Waals surface area contributed by atoms with Crippen molar-refractivity contribution in [1.82, 2.24) is 14.9 Å². The van der Waals surface area contributed by atoms with Crippen molar-refractivity contribution < 1.29 is 4.39 Å². The zero-order valence-corrected chi connectivity index (χ0v) is 12.1. The van der Waals surface area contributed by atoms with Crippen molar-refractivity contribution in [3.8, 4) is 0 Å². The van der Waals surface area contributed by atoms with Crippen molar-refractivity contribution in [2.45, 2.75) is 20.8 Å². The maximum absolute atomic E-state index is 14.1. The summed E-state index contributed by atoms with van der Waals surface area (Å²) in [6.07, 6.45) is 0. The van der Waals surface area contributed by atoms with E-state index in [0.29, 0.717) is 23.1 Å². The van der Waals surface area contributed by atoms with Gasteiger partial charge in [0.1, 0.15) is 5.71 Å². The topological polar surface area (TPSA) is 67.5 Å². The summed E-state index contributed by atoms with van der Waals surface area (Å²) in [7, 11) is 0. The zero-order chi connectivity index (χ0) is 15.0. The van der Waals surface area contributed by atoms with E-state index in [1.807, 2.05) is 6.92 Å². The molecule has 2 aromatic rings. The van der Waals surface area contributed by atoms with E-state index in [-0.39, 0.29) is 11.5 Å². The molecular formula is C14H15FN6. The fourth-order valence-electron chi connectivity index (χ4n) is 2.14. The standard InChI is InChI=1S/C14H15FN6/c1-4-16-10-5-6-12(11(15)7-10)18-13-8(2)19-21-14(13)17-9(3)20-21/h5-7,16H,4H2,1-3H3. The fraction of sp³-hybridized carbons (Fsp3) is 0.286. The Morgan fingerprint density at radius 1 is 1.33 bits per heavy atom. The maximum atomic E-state index is 14.1. The predicted octanol–water partition coefficient (Wildman–Crippen LogP) is 2.52. The zero-order valence-electron chi connectivity index (χ0n) is 12.1. The van der Waals surface area contributed by atoms with Crippen LogP contribution in [0.5, 0.6) is 0 Å². The minimum absolute atomic E-state index is 0.260.